The summed E-state index contributed by atoms with van der Waals surface area (Å²) in [6.07, 6.45) is 13.3. The molecule has 15 heavy (non-hydrogen) atoms. The molecular formula is C14H18O. The number of ketones is 1. The van der Waals surface area contributed by atoms with E-state index in [-0.39, 0.29) is 5.41 Å². The van der Waals surface area contributed by atoms with E-state index in [0.717, 1.165) is 19.3 Å². The summed E-state index contributed by atoms with van der Waals surface area (Å²) < 4.78 is 0. The summed E-state index contributed by atoms with van der Waals surface area (Å²) >= 11 is 0. The normalized spacial score (nSPS) is 33.9. The van der Waals surface area contributed by atoms with Crippen LogP contribution in [-0.4, -0.2) is 5.78 Å². The molecule has 0 aliphatic heterocycles. The Morgan fingerprint density at radius 3 is 2.93 bits per heavy atom. The van der Waals surface area contributed by atoms with E-state index in [1.54, 1.807) is 0 Å². The largest absolute Gasteiger partial charge is 0.298 e. The molecule has 0 N–H and O–H groups in total. The minimum Gasteiger partial charge on any atom is -0.298 e. The van der Waals surface area contributed by atoms with Crippen LogP contribution in [0.3, 0.4) is 0 Å². The van der Waals surface area contributed by atoms with Crippen LogP contribution in [0.4, 0.5) is 0 Å². The molecule has 0 spiro atoms. The topological polar surface area (TPSA) is 17.1 Å². The van der Waals surface area contributed by atoms with Crippen molar-refractivity contribution >= 4 is 5.78 Å². The molecule has 80 valence electrons. The minimum absolute atomic E-state index is 0.316. The van der Waals surface area contributed by atoms with Crippen molar-refractivity contribution in [3.05, 3.63) is 36.0 Å². The molecule has 0 aromatic rings. The Labute approximate surface area is 91.6 Å². The van der Waals surface area contributed by atoms with E-state index in [1.165, 1.54) is 5.57 Å². The molecule has 1 fully saturated rings. The molecule has 2 aliphatic carbocycles. The van der Waals surface area contributed by atoms with Gasteiger partial charge in [-0.05, 0) is 24.8 Å². The second kappa shape index (κ2) is 3.80. The highest BCUT2D eigenvalue weighted by molar-refractivity contribution is 5.93. The Kier molecular flexibility index (Phi) is 2.64. The molecule has 0 saturated heterocycles. The van der Waals surface area contributed by atoms with E-state index < -0.39 is 0 Å². The van der Waals surface area contributed by atoms with Crippen LogP contribution in [-0.2, 0) is 4.79 Å². The predicted molar refractivity (Wildman–Crippen MR) is 62.5 cm³/mol. The fraction of sp³-hybridized carbons (Fsp3) is 0.500. The van der Waals surface area contributed by atoms with Gasteiger partial charge in [-0.25, -0.2) is 0 Å². The maximum absolute atomic E-state index is 12.0. The van der Waals surface area contributed by atoms with E-state index in [1.807, 2.05) is 12.2 Å². The highest BCUT2D eigenvalue weighted by atomic mass is 16.1. The number of hydrogen-bond acceptors (Lipinski definition) is 1. The first-order chi connectivity index (χ1) is 7.18. The van der Waals surface area contributed by atoms with Gasteiger partial charge >= 0.3 is 0 Å². The maximum Gasteiger partial charge on any atom is 0.147 e. The van der Waals surface area contributed by atoms with Gasteiger partial charge in [-0.2, -0.15) is 0 Å². The van der Waals surface area contributed by atoms with Gasteiger partial charge < -0.3 is 0 Å². The quantitative estimate of drug-likeness (QED) is 0.670. The predicted octanol–water partition coefficient (Wildman–Crippen LogP) is 3.43. The molecule has 1 saturated carbocycles. The molecule has 2 atom stereocenters. The highest BCUT2D eigenvalue weighted by Gasteiger charge is 2.44. The van der Waals surface area contributed by atoms with Crippen molar-refractivity contribution in [2.24, 2.45) is 11.3 Å². The van der Waals surface area contributed by atoms with Crippen LogP contribution in [0.15, 0.2) is 36.0 Å². The van der Waals surface area contributed by atoms with Gasteiger partial charge in [-0.3, -0.25) is 4.79 Å². The van der Waals surface area contributed by atoms with Crippen LogP contribution in [0.1, 0.15) is 33.1 Å². The monoisotopic (exact) mass is 202 g/mol. The molecule has 1 unspecified atom stereocenters. The van der Waals surface area contributed by atoms with Crippen LogP contribution in [0.2, 0.25) is 0 Å². The smallest absolute Gasteiger partial charge is 0.147 e. The lowest BCUT2D eigenvalue weighted by Gasteiger charge is -2.21. The van der Waals surface area contributed by atoms with E-state index in [9.17, 15) is 4.79 Å². The lowest BCUT2D eigenvalue weighted by Crippen LogP contribution is -2.20. The van der Waals surface area contributed by atoms with Gasteiger partial charge in [0.05, 0.1) is 5.41 Å². The average molecular weight is 202 g/mol. The molecular weight excluding hydrogens is 184 g/mol. The second-order valence-corrected chi connectivity index (χ2v) is 4.68. The molecule has 0 radical (unpaired) electrons. The molecule has 0 aromatic heterocycles. The lowest BCUT2D eigenvalue weighted by molar-refractivity contribution is -0.122. The first-order valence-corrected chi connectivity index (χ1v) is 5.78. The number of carbonyl (C=O) groups is 1. The van der Waals surface area contributed by atoms with Gasteiger partial charge in [0.15, 0.2) is 0 Å². The molecule has 2 rings (SSSR count). The fourth-order valence-electron chi connectivity index (χ4n) is 2.71. The third kappa shape index (κ3) is 1.60. The van der Waals surface area contributed by atoms with Crippen LogP contribution < -0.4 is 0 Å². The van der Waals surface area contributed by atoms with Crippen molar-refractivity contribution in [3.63, 3.8) is 0 Å². The summed E-state index contributed by atoms with van der Waals surface area (Å²) in [6, 6.07) is 0. The zero-order valence-corrected chi connectivity index (χ0v) is 9.49. The standard InChI is InChI=1S/C14H18O/c1-3-7-11-10-13(15)14(2)9-6-4-5-8-12(11)14/h4-6,8-9,11H,3,7,10H2,1-2H3/t11-,14?/m1/s1. The molecule has 0 bridgehead atoms. The Morgan fingerprint density at radius 1 is 1.40 bits per heavy atom. The van der Waals surface area contributed by atoms with Crippen molar-refractivity contribution in [2.75, 3.05) is 0 Å². The van der Waals surface area contributed by atoms with Gasteiger partial charge in [-0.1, -0.05) is 43.7 Å². The summed E-state index contributed by atoms with van der Waals surface area (Å²) in [6.45, 7) is 4.24. The van der Waals surface area contributed by atoms with E-state index in [4.69, 9.17) is 0 Å². The van der Waals surface area contributed by atoms with Crippen molar-refractivity contribution < 1.29 is 4.79 Å². The molecule has 0 aromatic carbocycles. The average Bonchev–Trinajstić information content (AvgIpc) is 2.40. The Morgan fingerprint density at radius 2 is 2.20 bits per heavy atom. The minimum atomic E-state index is -0.316. The Hall–Kier alpha value is -1.11. The van der Waals surface area contributed by atoms with Crippen molar-refractivity contribution in [1.82, 2.24) is 0 Å². The fourth-order valence-corrected chi connectivity index (χ4v) is 2.71. The van der Waals surface area contributed by atoms with Crippen LogP contribution in [0, 0.1) is 11.3 Å². The number of Topliss-reactive ketones (excluding diaryl/α,β-unsaturated/α-hetero) is 1. The molecule has 1 heteroatoms. The highest BCUT2D eigenvalue weighted by Crippen LogP contribution is 2.47. The number of fused-ring (bicyclic) bond motifs is 1. The number of allylic oxidation sites excluding steroid dienone is 6. The van der Waals surface area contributed by atoms with Gasteiger partial charge in [0, 0.05) is 6.42 Å². The summed E-state index contributed by atoms with van der Waals surface area (Å²) in [5, 5.41) is 0. The first kappa shape index (κ1) is 10.4. The van der Waals surface area contributed by atoms with Crippen molar-refractivity contribution in [2.45, 2.75) is 33.1 Å². The molecule has 0 amide bonds. The third-order valence-corrected chi connectivity index (χ3v) is 3.62. The van der Waals surface area contributed by atoms with Gasteiger partial charge in [-0.15, -0.1) is 0 Å². The van der Waals surface area contributed by atoms with Gasteiger partial charge in [0.2, 0.25) is 0 Å². The molecule has 2 aliphatic rings. The van der Waals surface area contributed by atoms with E-state index >= 15 is 0 Å². The zero-order chi connectivity index (χ0) is 10.9. The molecule has 1 nitrogen and oxygen atoms in total. The van der Waals surface area contributed by atoms with Crippen molar-refractivity contribution in [3.8, 4) is 0 Å². The van der Waals surface area contributed by atoms with Crippen LogP contribution >= 0.6 is 0 Å². The second-order valence-electron chi connectivity index (χ2n) is 4.68. The number of carbonyl (C=O) groups excluding carboxylic acids is 1. The number of rotatable bonds is 2. The summed E-state index contributed by atoms with van der Waals surface area (Å²) in [7, 11) is 0. The summed E-state index contributed by atoms with van der Waals surface area (Å²) in [4.78, 5) is 12.0. The van der Waals surface area contributed by atoms with Gasteiger partial charge in [0.1, 0.15) is 5.78 Å². The SMILES string of the molecule is CCC[C@@H]1CC(=O)C2(C)C=CC=CC=C12. The van der Waals surface area contributed by atoms with E-state index in [2.05, 4.69) is 32.1 Å². The van der Waals surface area contributed by atoms with Crippen LogP contribution in [0.5, 0.6) is 0 Å². The maximum atomic E-state index is 12.0. The lowest BCUT2D eigenvalue weighted by atomic mass is 9.81. The zero-order valence-electron chi connectivity index (χ0n) is 9.49. The summed E-state index contributed by atoms with van der Waals surface area (Å²) in [5.74, 6) is 0.854. The first-order valence-electron chi connectivity index (χ1n) is 5.78. The van der Waals surface area contributed by atoms with Crippen molar-refractivity contribution in [1.29, 1.82) is 0 Å². The third-order valence-electron chi connectivity index (χ3n) is 3.62. The summed E-state index contributed by atoms with van der Waals surface area (Å²) in [5.41, 5.74) is 1.00. The van der Waals surface area contributed by atoms with Gasteiger partial charge in [0.25, 0.3) is 0 Å². The Balaban J connectivity index is 2.39. The van der Waals surface area contributed by atoms with E-state index in [0.29, 0.717) is 11.7 Å². The Bertz CT molecular complexity index is 360. The number of hydrogen-bond donors (Lipinski definition) is 0. The molecule has 0 heterocycles. The van der Waals surface area contributed by atoms with Crippen LogP contribution in [0.25, 0.3) is 0 Å².